The molecule has 0 bridgehead atoms. The number of hydrogen-bond acceptors (Lipinski definition) is 3. The summed E-state index contributed by atoms with van der Waals surface area (Å²) in [4.78, 5) is 28.2. The van der Waals surface area contributed by atoms with Crippen LogP contribution in [0.1, 0.15) is 30.2 Å². The average molecular weight is 299 g/mol. The summed E-state index contributed by atoms with van der Waals surface area (Å²) in [6, 6.07) is 7.22. The number of carbonyl (C=O) groups is 1. The number of carbonyl (C=O) groups excluding carboxylic acids is 1. The Kier molecular flexibility index (Phi) is 5.09. The van der Waals surface area contributed by atoms with Crippen molar-refractivity contribution in [2.24, 2.45) is 0 Å². The van der Waals surface area contributed by atoms with Crippen LogP contribution in [0.5, 0.6) is 0 Å². The first-order chi connectivity index (χ1) is 10.5. The molecule has 0 aliphatic carbocycles. The molecule has 0 atom stereocenters. The van der Waals surface area contributed by atoms with Crippen LogP contribution in [0, 0.1) is 13.8 Å². The second kappa shape index (κ2) is 7.02. The van der Waals surface area contributed by atoms with E-state index in [2.05, 4.69) is 10.3 Å². The van der Waals surface area contributed by atoms with Crippen molar-refractivity contribution in [2.45, 2.75) is 40.2 Å². The monoisotopic (exact) mass is 299 g/mol. The number of amides is 1. The van der Waals surface area contributed by atoms with Crippen LogP contribution < -0.4 is 10.9 Å². The third kappa shape index (κ3) is 4.04. The average Bonchev–Trinajstić information content (AvgIpc) is 2.46. The molecule has 0 saturated carbocycles. The molecule has 0 aliphatic rings. The Morgan fingerprint density at radius 1 is 1.23 bits per heavy atom. The van der Waals surface area contributed by atoms with Crippen LogP contribution in [-0.2, 0) is 17.8 Å². The van der Waals surface area contributed by atoms with Crippen molar-refractivity contribution in [3.8, 4) is 0 Å². The molecule has 0 spiro atoms. The van der Waals surface area contributed by atoms with Crippen LogP contribution in [0.15, 0.2) is 35.4 Å². The maximum atomic E-state index is 12.0. The minimum Gasteiger partial charge on any atom is -0.325 e. The van der Waals surface area contributed by atoms with E-state index >= 15 is 0 Å². The van der Waals surface area contributed by atoms with Crippen molar-refractivity contribution < 1.29 is 4.79 Å². The number of rotatable bonds is 5. The van der Waals surface area contributed by atoms with Crippen molar-refractivity contribution in [2.75, 3.05) is 5.32 Å². The lowest BCUT2D eigenvalue weighted by atomic mass is 10.1. The minimum atomic E-state index is -0.240. The zero-order valence-electron chi connectivity index (χ0n) is 13.2. The Morgan fingerprint density at radius 2 is 2.00 bits per heavy atom. The lowest BCUT2D eigenvalue weighted by Gasteiger charge is -2.09. The molecule has 2 aromatic rings. The predicted octanol–water partition coefficient (Wildman–Crippen LogP) is 2.45. The maximum absolute atomic E-state index is 12.0. The molecular formula is C17H21N3O2. The molecule has 0 unspecified atom stereocenters. The highest BCUT2D eigenvalue weighted by molar-refractivity contribution is 5.90. The van der Waals surface area contributed by atoms with Crippen LogP contribution in [0.4, 0.5) is 5.69 Å². The summed E-state index contributed by atoms with van der Waals surface area (Å²) in [5, 5.41) is 2.80. The van der Waals surface area contributed by atoms with E-state index in [9.17, 15) is 9.59 Å². The fraction of sp³-hybridized carbons (Fsp3) is 0.353. The Labute approximate surface area is 130 Å². The van der Waals surface area contributed by atoms with Crippen LogP contribution in [0.2, 0.25) is 0 Å². The molecule has 1 aromatic heterocycles. The number of nitrogens with zero attached hydrogens (tertiary/aromatic N) is 2. The van der Waals surface area contributed by atoms with Gasteiger partial charge in [0.2, 0.25) is 5.91 Å². The fourth-order valence-corrected chi connectivity index (χ4v) is 2.15. The first-order valence-electron chi connectivity index (χ1n) is 7.42. The molecule has 0 saturated heterocycles. The Hall–Kier alpha value is -2.43. The van der Waals surface area contributed by atoms with Crippen molar-refractivity contribution in [1.82, 2.24) is 9.55 Å². The maximum Gasteiger partial charge on any atom is 0.253 e. The van der Waals surface area contributed by atoms with Crippen molar-refractivity contribution in [3.63, 3.8) is 0 Å². The summed E-state index contributed by atoms with van der Waals surface area (Å²) in [5.41, 5.74) is 3.58. The van der Waals surface area contributed by atoms with Gasteiger partial charge in [0.25, 0.3) is 5.56 Å². The predicted molar refractivity (Wildman–Crippen MR) is 87.0 cm³/mol. The van der Waals surface area contributed by atoms with Gasteiger partial charge >= 0.3 is 0 Å². The highest BCUT2D eigenvalue weighted by atomic mass is 16.2. The van der Waals surface area contributed by atoms with Gasteiger partial charge in [-0.3, -0.25) is 14.2 Å². The molecule has 0 fully saturated rings. The van der Waals surface area contributed by atoms with Crippen LogP contribution >= 0.6 is 0 Å². The van der Waals surface area contributed by atoms with Crippen LogP contribution in [-0.4, -0.2) is 15.5 Å². The first-order valence-corrected chi connectivity index (χ1v) is 7.42. The topological polar surface area (TPSA) is 64.0 Å². The van der Waals surface area contributed by atoms with Gasteiger partial charge in [-0.05, 0) is 43.5 Å². The second-order valence-corrected chi connectivity index (χ2v) is 5.44. The second-order valence-electron chi connectivity index (χ2n) is 5.44. The highest BCUT2D eigenvalue weighted by Gasteiger charge is 2.07. The Morgan fingerprint density at radius 3 is 2.64 bits per heavy atom. The van der Waals surface area contributed by atoms with E-state index in [1.807, 2.05) is 39.0 Å². The van der Waals surface area contributed by atoms with E-state index in [1.54, 1.807) is 0 Å². The van der Waals surface area contributed by atoms with Gasteiger partial charge in [0.15, 0.2) is 0 Å². The first kappa shape index (κ1) is 15.9. The number of hydrogen-bond donors (Lipinski definition) is 1. The smallest absolute Gasteiger partial charge is 0.253 e. The number of nitrogens with one attached hydrogen (secondary N) is 1. The van der Waals surface area contributed by atoms with Gasteiger partial charge in [0.05, 0.1) is 6.33 Å². The number of aryl methyl sites for hydroxylation is 3. The van der Waals surface area contributed by atoms with Gasteiger partial charge in [-0.25, -0.2) is 4.98 Å². The van der Waals surface area contributed by atoms with E-state index < -0.39 is 0 Å². The normalized spacial score (nSPS) is 10.5. The van der Waals surface area contributed by atoms with E-state index in [4.69, 9.17) is 0 Å². The van der Waals surface area contributed by atoms with Gasteiger partial charge in [-0.2, -0.15) is 0 Å². The SMILES string of the molecule is CCCc1cc(=O)n(CC(=O)Nc2ccc(C)c(C)c2)cn1. The Balaban J connectivity index is 2.05. The standard InChI is InChI=1S/C17H21N3O2/c1-4-5-14-9-17(22)20(11-18-14)10-16(21)19-15-7-6-12(2)13(3)8-15/h6-9,11H,4-5,10H2,1-3H3,(H,19,21). The van der Waals surface area contributed by atoms with Gasteiger partial charge in [-0.1, -0.05) is 19.4 Å². The van der Waals surface area contributed by atoms with E-state index in [-0.39, 0.29) is 18.0 Å². The minimum absolute atomic E-state index is 0.0365. The number of aromatic nitrogens is 2. The van der Waals surface area contributed by atoms with E-state index in [0.29, 0.717) is 0 Å². The molecule has 1 N–H and O–H groups in total. The molecule has 1 aromatic carbocycles. The zero-order valence-corrected chi connectivity index (χ0v) is 13.2. The molecule has 22 heavy (non-hydrogen) atoms. The van der Waals surface area contributed by atoms with Gasteiger partial charge in [-0.15, -0.1) is 0 Å². The molecule has 0 aliphatic heterocycles. The molecule has 5 nitrogen and oxygen atoms in total. The Bertz CT molecular complexity index is 735. The van der Waals surface area contributed by atoms with Gasteiger partial charge in [0.1, 0.15) is 6.54 Å². The summed E-state index contributed by atoms with van der Waals surface area (Å²) in [5.74, 6) is -0.240. The largest absolute Gasteiger partial charge is 0.325 e. The highest BCUT2D eigenvalue weighted by Crippen LogP contribution is 2.14. The molecular weight excluding hydrogens is 278 g/mol. The molecule has 116 valence electrons. The molecule has 1 heterocycles. The van der Waals surface area contributed by atoms with E-state index in [1.165, 1.54) is 22.5 Å². The number of anilines is 1. The van der Waals surface area contributed by atoms with Gasteiger partial charge < -0.3 is 5.32 Å². The molecule has 5 heteroatoms. The summed E-state index contributed by atoms with van der Waals surface area (Å²) in [6.45, 7) is 6.01. The summed E-state index contributed by atoms with van der Waals surface area (Å²) < 4.78 is 1.32. The van der Waals surface area contributed by atoms with Crippen molar-refractivity contribution in [3.05, 3.63) is 57.8 Å². The van der Waals surface area contributed by atoms with Crippen molar-refractivity contribution >= 4 is 11.6 Å². The third-order valence-electron chi connectivity index (χ3n) is 3.55. The molecule has 0 radical (unpaired) electrons. The summed E-state index contributed by atoms with van der Waals surface area (Å²) in [7, 11) is 0. The fourth-order valence-electron chi connectivity index (χ4n) is 2.15. The van der Waals surface area contributed by atoms with E-state index in [0.717, 1.165) is 29.8 Å². The lowest BCUT2D eigenvalue weighted by molar-refractivity contribution is -0.116. The molecule has 2 rings (SSSR count). The third-order valence-corrected chi connectivity index (χ3v) is 3.55. The quantitative estimate of drug-likeness (QED) is 0.922. The summed E-state index contributed by atoms with van der Waals surface area (Å²) in [6.07, 6.45) is 3.14. The lowest BCUT2D eigenvalue weighted by Crippen LogP contribution is -2.27. The zero-order chi connectivity index (χ0) is 16.1. The summed E-state index contributed by atoms with van der Waals surface area (Å²) >= 11 is 0. The van der Waals surface area contributed by atoms with Crippen molar-refractivity contribution in [1.29, 1.82) is 0 Å². The van der Waals surface area contributed by atoms with Crippen LogP contribution in [0.3, 0.4) is 0 Å². The number of benzene rings is 1. The van der Waals surface area contributed by atoms with Crippen LogP contribution in [0.25, 0.3) is 0 Å². The van der Waals surface area contributed by atoms with Gasteiger partial charge in [0, 0.05) is 17.4 Å². The molecule has 1 amide bonds.